The Morgan fingerprint density at radius 1 is 1.38 bits per heavy atom. The Balaban J connectivity index is 1.72. The van der Waals surface area contributed by atoms with Crippen molar-refractivity contribution in [1.82, 2.24) is 9.88 Å². The molecule has 0 atom stereocenters. The van der Waals surface area contributed by atoms with Crippen LogP contribution in [0.25, 0.3) is 10.2 Å². The average Bonchev–Trinajstić information content (AvgIpc) is 2.89. The first-order chi connectivity index (χ1) is 10.0. The van der Waals surface area contributed by atoms with Gasteiger partial charge in [0, 0.05) is 38.1 Å². The maximum Gasteiger partial charge on any atom is 0.225 e. The van der Waals surface area contributed by atoms with E-state index in [-0.39, 0.29) is 11.8 Å². The molecule has 3 rings (SSSR count). The van der Waals surface area contributed by atoms with Crippen LogP contribution in [0, 0.1) is 5.92 Å². The molecule has 1 aliphatic heterocycles. The highest BCUT2D eigenvalue weighted by atomic mass is 35.5. The normalized spacial score (nSPS) is 16.4. The molecule has 21 heavy (non-hydrogen) atoms. The molecule has 0 N–H and O–H groups in total. The fourth-order valence-corrected chi connectivity index (χ4v) is 4.00. The molecule has 4 nitrogen and oxygen atoms in total. The van der Waals surface area contributed by atoms with E-state index < -0.39 is 0 Å². The van der Waals surface area contributed by atoms with E-state index in [1.165, 1.54) is 0 Å². The molecule has 1 saturated heterocycles. The SMILES string of the molecule is CN(C)C(=O)C1CCN(c2nc3ccc(Cl)cc3s2)CC1. The Morgan fingerprint density at radius 3 is 2.76 bits per heavy atom. The zero-order valence-electron chi connectivity index (χ0n) is 12.2. The monoisotopic (exact) mass is 323 g/mol. The largest absolute Gasteiger partial charge is 0.349 e. The molecule has 1 amide bonds. The molecule has 112 valence electrons. The molecule has 0 unspecified atom stereocenters. The lowest BCUT2D eigenvalue weighted by atomic mass is 9.96. The number of fused-ring (bicyclic) bond motifs is 1. The molecule has 0 radical (unpaired) electrons. The first-order valence-corrected chi connectivity index (χ1v) is 8.26. The van der Waals surface area contributed by atoms with Crippen molar-refractivity contribution in [3.05, 3.63) is 23.2 Å². The predicted molar refractivity (Wildman–Crippen MR) is 88.3 cm³/mol. The quantitative estimate of drug-likeness (QED) is 0.851. The molecule has 2 heterocycles. The standard InChI is InChI=1S/C15H18ClN3OS/c1-18(2)14(20)10-5-7-19(8-6-10)15-17-12-4-3-11(16)9-13(12)21-15/h3-4,9-10H,5-8H2,1-2H3. The van der Waals surface area contributed by atoms with Gasteiger partial charge in [-0.2, -0.15) is 0 Å². The fraction of sp³-hybridized carbons (Fsp3) is 0.467. The zero-order chi connectivity index (χ0) is 15.0. The molecule has 1 fully saturated rings. The molecule has 0 saturated carbocycles. The molecule has 1 aromatic carbocycles. The Morgan fingerprint density at radius 2 is 2.10 bits per heavy atom. The Hall–Kier alpha value is -1.33. The second kappa shape index (κ2) is 5.81. The average molecular weight is 324 g/mol. The van der Waals surface area contributed by atoms with E-state index in [1.54, 1.807) is 16.2 Å². The van der Waals surface area contributed by atoms with Crippen LogP contribution in [0.4, 0.5) is 5.13 Å². The van der Waals surface area contributed by atoms with Gasteiger partial charge in [-0.15, -0.1) is 0 Å². The summed E-state index contributed by atoms with van der Waals surface area (Å²) in [7, 11) is 3.65. The van der Waals surface area contributed by atoms with Crippen molar-refractivity contribution < 1.29 is 4.79 Å². The molecule has 0 aliphatic carbocycles. The number of hydrogen-bond acceptors (Lipinski definition) is 4. The van der Waals surface area contributed by atoms with E-state index in [0.717, 1.165) is 46.3 Å². The number of carbonyl (C=O) groups is 1. The second-order valence-corrected chi connectivity index (χ2v) is 7.05. The molecule has 1 aromatic heterocycles. The Labute approximate surface area is 133 Å². The summed E-state index contributed by atoms with van der Waals surface area (Å²) in [6.07, 6.45) is 1.79. The summed E-state index contributed by atoms with van der Waals surface area (Å²) in [5.74, 6) is 0.394. The summed E-state index contributed by atoms with van der Waals surface area (Å²) in [6, 6.07) is 5.79. The lowest BCUT2D eigenvalue weighted by molar-refractivity contribution is -0.133. The van der Waals surface area contributed by atoms with Gasteiger partial charge < -0.3 is 9.80 Å². The van der Waals surface area contributed by atoms with Crippen LogP contribution in [-0.2, 0) is 4.79 Å². The number of amides is 1. The molecular weight excluding hydrogens is 306 g/mol. The van der Waals surface area contributed by atoms with E-state index in [1.807, 2.05) is 32.3 Å². The van der Waals surface area contributed by atoms with Crippen LogP contribution in [0.5, 0.6) is 0 Å². The van der Waals surface area contributed by atoms with Gasteiger partial charge in [-0.25, -0.2) is 4.98 Å². The van der Waals surface area contributed by atoms with Crippen LogP contribution in [0.3, 0.4) is 0 Å². The van der Waals surface area contributed by atoms with Crippen molar-refractivity contribution in [2.45, 2.75) is 12.8 Å². The van der Waals surface area contributed by atoms with E-state index in [4.69, 9.17) is 11.6 Å². The molecule has 2 aromatic rings. The number of thiazole rings is 1. The topological polar surface area (TPSA) is 36.4 Å². The highest BCUT2D eigenvalue weighted by Crippen LogP contribution is 2.33. The minimum absolute atomic E-state index is 0.153. The van der Waals surface area contributed by atoms with E-state index in [9.17, 15) is 4.79 Å². The van der Waals surface area contributed by atoms with Crippen LogP contribution in [0.1, 0.15) is 12.8 Å². The number of rotatable bonds is 2. The van der Waals surface area contributed by atoms with Gasteiger partial charge >= 0.3 is 0 Å². The Bertz CT molecular complexity index is 662. The molecule has 0 spiro atoms. The zero-order valence-corrected chi connectivity index (χ0v) is 13.7. The second-order valence-electron chi connectivity index (χ2n) is 5.60. The van der Waals surface area contributed by atoms with Gasteiger partial charge in [0.05, 0.1) is 10.2 Å². The maximum atomic E-state index is 12.0. The highest BCUT2D eigenvalue weighted by molar-refractivity contribution is 7.22. The first-order valence-electron chi connectivity index (χ1n) is 7.07. The van der Waals surface area contributed by atoms with Crippen LogP contribution in [0.2, 0.25) is 5.02 Å². The predicted octanol–water partition coefficient (Wildman–Crippen LogP) is 3.25. The molecule has 6 heteroatoms. The van der Waals surface area contributed by atoms with Crippen molar-refractivity contribution in [3.8, 4) is 0 Å². The molecule has 1 aliphatic rings. The van der Waals surface area contributed by atoms with Crippen LogP contribution in [0.15, 0.2) is 18.2 Å². The number of halogens is 1. The number of piperidine rings is 1. The number of hydrogen-bond donors (Lipinski definition) is 0. The summed E-state index contributed by atoms with van der Waals surface area (Å²) >= 11 is 7.69. The number of benzene rings is 1. The van der Waals surface area contributed by atoms with Crippen molar-refractivity contribution >= 4 is 44.2 Å². The summed E-state index contributed by atoms with van der Waals surface area (Å²) in [5, 5.41) is 1.77. The van der Waals surface area contributed by atoms with Crippen LogP contribution >= 0.6 is 22.9 Å². The van der Waals surface area contributed by atoms with E-state index in [2.05, 4.69) is 9.88 Å². The van der Waals surface area contributed by atoms with Crippen LogP contribution in [-0.4, -0.2) is 43.0 Å². The third kappa shape index (κ3) is 2.99. The number of nitrogens with zero attached hydrogens (tertiary/aromatic N) is 3. The number of carbonyl (C=O) groups excluding carboxylic acids is 1. The summed E-state index contributed by atoms with van der Waals surface area (Å²) in [4.78, 5) is 20.6. The lowest BCUT2D eigenvalue weighted by Crippen LogP contribution is -2.40. The summed E-state index contributed by atoms with van der Waals surface area (Å²) in [6.45, 7) is 1.77. The lowest BCUT2D eigenvalue weighted by Gasteiger charge is -2.32. The van der Waals surface area contributed by atoms with Gasteiger partial charge in [-0.1, -0.05) is 22.9 Å². The Kier molecular flexibility index (Phi) is 4.04. The third-order valence-electron chi connectivity index (χ3n) is 3.89. The maximum absolute atomic E-state index is 12.0. The van der Waals surface area contributed by atoms with Crippen molar-refractivity contribution in [1.29, 1.82) is 0 Å². The molecular formula is C15H18ClN3OS. The van der Waals surface area contributed by atoms with Gasteiger partial charge in [0.2, 0.25) is 5.91 Å². The van der Waals surface area contributed by atoms with Gasteiger partial charge in [-0.3, -0.25) is 4.79 Å². The fourth-order valence-electron chi connectivity index (χ4n) is 2.70. The highest BCUT2D eigenvalue weighted by Gasteiger charge is 2.27. The summed E-state index contributed by atoms with van der Waals surface area (Å²) in [5.41, 5.74) is 0.992. The van der Waals surface area contributed by atoms with Crippen molar-refractivity contribution in [2.24, 2.45) is 5.92 Å². The van der Waals surface area contributed by atoms with E-state index in [0.29, 0.717) is 0 Å². The smallest absolute Gasteiger partial charge is 0.225 e. The van der Waals surface area contributed by atoms with Crippen LogP contribution < -0.4 is 4.90 Å². The first kappa shape index (κ1) is 14.6. The van der Waals surface area contributed by atoms with Crippen molar-refractivity contribution in [3.63, 3.8) is 0 Å². The summed E-state index contributed by atoms with van der Waals surface area (Å²) < 4.78 is 1.11. The minimum atomic E-state index is 0.153. The molecule has 0 bridgehead atoms. The minimum Gasteiger partial charge on any atom is -0.349 e. The van der Waals surface area contributed by atoms with Gasteiger partial charge in [0.25, 0.3) is 0 Å². The number of anilines is 1. The van der Waals surface area contributed by atoms with Gasteiger partial charge in [0.15, 0.2) is 5.13 Å². The van der Waals surface area contributed by atoms with Gasteiger partial charge in [-0.05, 0) is 31.0 Å². The third-order valence-corrected chi connectivity index (χ3v) is 5.21. The van der Waals surface area contributed by atoms with E-state index >= 15 is 0 Å². The number of aromatic nitrogens is 1. The van der Waals surface area contributed by atoms with Gasteiger partial charge in [0.1, 0.15) is 0 Å². The van der Waals surface area contributed by atoms with Crippen molar-refractivity contribution in [2.75, 3.05) is 32.1 Å².